The summed E-state index contributed by atoms with van der Waals surface area (Å²) in [6.07, 6.45) is 12.9. The van der Waals surface area contributed by atoms with Crippen molar-refractivity contribution in [2.45, 2.75) is 71.9 Å². The van der Waals surface area contributed by atoms with Gasteiger partial charge in [0, 0.05) is 25.2 Å². The molecule has 3 heteroatoms. The fourth-order valence-corrected chi connectivity index (χ4v) is 3.77. The lowest BCUT2D eigenvalue weighted by Gasteiger charge is -2.33. The molecule has 2 unspecified atom stereocenters. The van der Waals surface area contributed by atoms with Crippen molar-refractivity contribution < 1.29 is 0 Å². The van der Waals surface area contributed by atoms with E-state index in [9.17, 15) is 0 Å². The molecule has 1 aliphatic rings. The summed E-state index contributed by atoms with van der Waals surface area (Å²) < 4.78 is 0. The largest absolute Gasteiger partial charge is 0.315 e. The number of allylic oxidation sites excluding steroid dienone is 4. The van der Waals surface area contributed by atoms with Crippen LogP contribution in [0, 0.1) is 0 Å². The number of hydrogen-bond donors (Lipinski definition) is 1. The predicted molar refractivity (Wildman–Crippen MR) is 103 cm³/mol. The molecule has 0 saturated heterocycles. The van der Waals surface area contributed by atoms with E-state index in [4.69, 9.17) is 0 Å². The Morgan fingerprint density at radius 2 is 1.91 bits per heavy atom. The van der Waals surface area contributed by atoms with Gasteiger partial charge in [-0.3, -0.25) is 4.90 Å². The van der Waals surface area contributed by atoms with Crippen LogP contribution in [0.3, 0.4) is 0 Å². The van der Waals surface area contributed by atoms with Crippen molar-refractivity contribution in [3.8, 4) is 0 Å². The van der Waals surface area contributed by atoms with E-state index in [-0.39, 0.29) is 0 Å². The number of hydrogen-bond acceptors (Lipinski definition) is 3. The lowest BCUT2D eigenvalue weighted by molar-refractivity contribution is 0.147. The Hall–Kier alpha value is -0.250. The molecule has 0 radical (unpaired) electrons. The van der Waals surface area contributed by atoms with Gasteiger partial charge in [-0.2, -0.15) is 0 Å². The second-order valence-corrected chi connectivity index (χ2v) is 7.53. The second-order valence-electron chi connectivity index (χ2n) is 6.30. The van der Waals surface area contributed by atoms with Crippen LogP contribution in [0.1, 0.15) is 59.8 Å². The Bertz CT molecular complexity index is 328. The van der Waals surface area contributed by atoms with Crippen LogP contribution < -0.4 is 5.32 Å². The summed E-state index contributed by atoms with van der Waals surface area (Å²) in [5.74, 6) is 1.24. The molecule has 0 saturated carbocycles. The zero-order valence-electron chi connectivity index (χ0n) is 15.1. The molecule has 2 atom stereocenters. The zero-order chi connectivity index (χ0) is 16.2. The standard InChI is InChI=1S/C19H36N2S/c1-5-17(3)21(18(4)6-2)15-14-20-13-10-16-22-19-11-8-7-9-12-19/h7-8,11,17-18,20H,5-6,9-10,12-16H2,1-4H3. The average Bonchev–Trinajstić information content (AvgIpc) is 2.57. The van der Waals surface area contributed by atoms with Gasteiger partial charge in [-0.1, -0.05) is 32.1 Å². The number of nitrogens with zero attached hydrogens (tertiary/aromatic N) is 1. The monoisotopic (exact) mass is 324 g/mol. The average molecular weight is 325 g/mol. The van der Waals surface area contributed by atoms with Crippen molar-refractivity contribution in [1.82, 2.24) is 10.2 Å². The van der Waals surface area contributed by atoms with E-state index < -0.39 is 0 Å². The van der Waals surface area contributed by atoms with Crippen molar-refractivity contribution in [2.24, 2.45) is 0 Å². The quantitative estimate of drug-likeness (QED) is 0.518. The molecule has 0 fully saturated rings. The van der Waals surface area contributed by atoms with Gasteiger partial charge in [0.15, 0.2) is 0 Å². The van der Waals surface area contributed by atoms with Gasteiger partial charge in [-0.05, 0) is 63.2 Å². The molecule has 0 amide bonds. The van der Waals surface area contributed by atoms with Crippen LogP contribution >= 0.6 is 11.8 Å². The van der Waals surface area contributed by atoms with Crippen LogP contribution in [-0.4, -0.2) is 42.4 Å². The molecule has 1 aliphatic carbocycles. The van der Waals surface area contributed by atoms with E-state index in [2.05, 4.69) is 56.1 Å². The summed E-state index contributed by atoms with van der Waals surface area (Å²) in [5, 5.41) is 3.62. The molecule has 0 aromatic heterocycles. The van der Waals surface area contributed by atoms with Crippen LogP contribution in [-0.2, 0) is 0 Å². The van der Waals surface area contributed by atoms with Crippen molar-refractivity contribution in [3.05, 3.63) is 23.1 Å². The molecule has 2 nitrogen and oxygen atoms in total. The lowest BCUT2D eigenvalue weighted by atomic mass is 10.1. The van der Waals surface area contributed by atoms with Gasteiger partial charge in [0.1, 0.15) is 0 Å². The lowest BCUT2D eigenvalue weighted by Crippen LogP contribution is -2.43. The van der Waals surface area contributed by atoms with Crippen molar-refractivity contribution in [1.29, 1.82) is 0 Å². The first-order chi connectivity index (χ1) is 10.7. The highest BCUT2D eigenvalue weighted by Crippen LogP contribution is 2.24. The maximum atomic E-state index is 3.62. The fraction of sp³-hybridized carbons (Fsp3) is 0.789. The summed E-state index contributed by atoms with van der Waals surface area (Å²) in [6.45, 7) is 12.7. The third kappa shape index (κ3) is 7.85. The first kappa shape index (κ1) is 19.8. The Kier molecular flexibility index (Phi) is 11.0. The molecule has 1 N–H and O–H groups in total. The fourth-order valence-electron chi connectivity index (χ4n) is 2.78. The molecule has 0 bridgehead atoms. The Balaban J connectivity index is 2.07. The molecule has 0 aromatic rings. The van der Waals surface area contributed by atoms with E-state index in [1.165, 1.54) is 44.4 Å². The van der Waals surface area contributed by atoms with Crippen molar-refractivity contribution >= 4 is 11.8 Å². The third-order valence-corrected chi connectivity index (χ3v) is 5.83. The SMILES string of the molecule is CCC(C)N(CCNCCCSC1=CC=CCC1)C(C)CC. The highest BCUT2D eigenvalue weighted by Gasteiger charge is 2.16. The number of thioether (sulfide) groups is 1. The van der Waals surface area contributed by atoms with E-state index in [1.54, 1.807) is 4.91 Å². The van der Waals surface area contributed by atoms with Gasteiger partial charge in [0.25, 0.3) is 0 Å². The molecule has 0 aromatic carbocycles. The Morgan fingerprint density at radius 3 is 2.50 bits per heavy atom. The summed E-state index contributed by atoms with van der Waals surface area (Å²) in [6, 6.07) is 1.39. The maximum absolute atomic E-state index is 3.62. The topological polar surface area (TPSA) is 15.3 Å². The molecular weight excluding hydrogens is 288 g/mol. The molecule has 128 valence electrons. The van der Waals surface area contributed by atoms with Crippen LogP contribution in [0.25, 0.3) is 0 Å². The van der Waals surface area contributed by atoms with E-state index in [0.29, 0.717) is 12.1 Å². The van der Waals surface area contributed by atoms with Gasteiger partial charge < -0.3 is 5.32 Å². The molecule has 0 aliphatic heterocycles. The van der Waals surface area contributed by atoms with E-state index in [1.807, 2.05) is 11.8 Å². The molecule has 22 heavy (non-hydrogen) atoms. The highest BCUT2D eigenvalue weighted by molar-refractivity contribution is 8.03. The summed E-state index contributed by atoms with van der Waals surface area (Å²) in [7, 11) is 0. The van der Waals surface area contributed by atoms with Crippen LogP contribution in [0.2, 0.25) is 0 Å². The van der Waals surface area contributed by atoms with Gasteiger partial charge in [0.2, 0.25) is 0 Å². The van der Waals surface area contributed by atoms with E-state index >= 15 is 0 Å². The number of rotatable bonds is 12. The van der Waals surface area contributed by atoms with Crippen molar-refractivity contribution in [2.75, 3.05) is 25.4 Å². The number of nitrogens with one attached hydrogen (secondary N) is 1. The maximum Gasteiger partial charge on any atom is 0.0112 e. The van der Waals surface area contributed by atoms with Gasteiger partial charge in [-0.15, -0.1) is 11.8 Å². The van der Waals surface area contributed by atoms with Crippen LogP contribution in [0.15, 0.2) is 23.1 Å². The van der Waals surface area contributed by atoms with Crippen molar-refractivity contribution in [3.63, 3.8) is 0 Å². The molecule has 0 spiro atoms. The van der Waals surface area contributed by atoms with Crippen LogP contribution in [0.5, 0.6) is 0 Å². The first-order valence-electron chi connectivity index (χ1n) is 9.14. The third-order valence-electron chi connectivity index (χ3n) is 4.62. The highest BCUT2D eigenvalue weighted by atomic mass is 32.2. The summed E-state index contributed by atoms with van der Waals surface area (Å²) in [5.41, 5.74) is 0. The smallest absolute Gasteiger partial charge is 0.0112 e. The molecular formula is C19H36N2S. The normalized spacial score (nSPS) is 17.6. The summed E-state index contributed by atoms with van der Waals surface area (Å²) >= 11 is 2.04. The van der Waals surface area contributed by atoms with Crippen LogP contribution in [0.4, 0.5) is 0 Å². The minimum absolute atomic E-state index is 0.693. The summed E-state index contributed by atoms with van der Waals surface area (Å²) in [4.78, 5) is 4.21. The predicted octanol–water partition coefficient (Wildman–Crippen LogP) is 4.83. The first-order valence-corrected chi connectivity index (χ1v) is 10.1. The second kappa shape index (κ2) is 12.2. The minimum Gasteiger partial charge on any atom is -0.315 e. The Morgan fingerprint density at radius 1 is 1.18 bits per heavy atom. The Labute approximate surface area is 142 Å². The van der Waals surface area contributed by atoms with E-state index in [0.717, 1.165) is 13.1 Å². The van der Waals surface area contributed by atoms with Gasteiger partial charge >= 0.3 is 0 Å². The van der Waals surface area contributed by atoms with Gasteiger partial charge in [-0.25, -0.2) is 0 Å². The molecule has 1 rings (SSSR count). The van der Waals surface area contributed by atoms with Gasteiger partial charge in [0.05, 0.1) is 0 Å². The minimum atomic E-state index is 0.693. The zero-order valence-corrected chi connectivity index (χ0v) is 15.9. The molecule has 0 heterocycles.